The van der Waals surface area contributed by atoms with Crippen LogP contribution in [0.15, 0.2) is 42.0 Å². The smallest absolute Gasteiger partial charge is 0.0433 e. The molecule has 1 aliphatic carbocycles. The summed E-state index contributed by atoms with van der Waals surface area (Å²) in [6.45, 7) is 4.64. The summed E-state index contributed by atoms with van der Waals surface area (Å²) >= 11 is 0. The Balaban J connectivity index is 2.09. The van der Waals surface area contributed by atoms with Crippen LogP contribution in [0.1, 0.15) is 45.1 Å². The quantitative estimate of drug-likeness (QED) is 0.748. The second-order valence-corrected chi connectivity index (χ2v) is 5.76. The lowest BCUT2D eigenvalue weighted by molar-refractivity contribution is 0.273. The Morgan fingerprint density at radius 3 is 2.67 bits per heavy atom. The van der Waals surface area contributed by atoms with E-state index in [9.17, 15) is 0 Å². The van der Waals surface area contributed by atoms with Crippen LogP contribution in [0.3, 0.4) is 0 Å². The van der Waals surface area contributed by atoms with Gasteiger partial charge in [-0.15, -0.1) is 0 Å². The van der Waals surface area contributed by atoms with E-state index >= 15 is 0 Å². The third kappa shape index (κ3) is 2.84. The van der Waals surface area contributed by atoms with Crippen LogP contribution in [0, 0.1) is 5.92 Å². The zero-order chi connectivity index (χ0) is 13.0. The van der Waals surface area contributed by atoms with Crippen molar-refractivity contribution in [3.8, 4) is 0 Å². The fourth-order valence-electron chi connectivity index (χ4n) is 3.11. The van der Waals surface area contributed by atoms with Crippen molar-refractivity contribution in [1.82, 2.24) is 0 Å². The average molecular weight is 244 g/mol. The Hall–Kier alpha value is -1.08. The van der Waals surface area contributed by atoms with Gasteiger partial charge in [0.15, 0.2) is 0 Å². The normalized spacial score (nSPS) is 25.8. The molecule has 0 aromatic heterocycles. The summed E-state index contributed by atoms with van der Waals surface area (Å²) in [5.41, 5.74) is 3.21. The van der Waals surface area contributed by atoms with Gasteiger partial charge in [0.25, 0.3) is 0 Å². The van der Waals surface area contributed by atoms with Crippen LogP contribution in [-0.4, -0.2) is 11.7 Å². The zero-order valence-corrected chi connectivity index (χ0v) is 11.5. The van der Waals surface area contributed by atoms with Gasteiger partial charge in [-0.05, 0) is 56.4 Å². The largest absolute Gasteiger partial charge is 0.396 e. The molecule has 2 rings (SSSR count). The van der Waals surface area contributed by atoms with E-state index in [0.29, 0.717) is 17.9 Å². The lowest BCUT2D eigenvalue weighted by Gasteiger charge is -2.17. The molecular formula is C17H24O. The van der Waals surface area contributed by atoms with Crippen LogP contribution in [0.2, 0.25) is 0 Å². The fourth-order valence-corrected chi connectivity index (χ4v) is 3.11. The van der Waals surface area contributed by atoms with E-state index in [-0.39, 0.29) is 0 Å². The van der Waals surface area contributed by atoms with E-state index in [1.54, 1.807) is 0 Å². The highest BCUT2D eigenvalue weighted by Crippen LogP contribution is 2.58. The molecule has 2 atom stereocenters. The third-order valence-corrected chi connectivity index (χ3v) is 4.20. The molecule has 0 aliphatic heterocycles. The van der Waals surface area contributed by atoms with Gasteiger partial charge in [-0.1, -0.05) is 42.0 Å². The highest BCUT2D eigenvalue weighted by molar-refractivity contribution is 5.33. The van der Waals surface area contributed by atoms with Gasteiger partial charge in [0.05, 0.1) is 0 Å². The Morgan fingerprint density at radius 1 is 1.33 bits per heavy atom. The molecule has 98 valence electrons. The van der Waals surface area contributed by atoms with Crippen molar-refractivity contribution in [3.05, 3.63) is 47.5 Å². The molecular weight excluding hydrogens is 220 g/mol. The second-order valence-electron chi connectivity index (χ2n) is 5.76. The molecule has 1 heteroatoms. The van der Waals surface area contributed by atoms with Crippen molar-refractivity contribution in [2.75, 3.05) is 6.61 Å². The Morgan fingerprint density at radius 2 is 2.06 bits per heavy atom. The molecule has 1 fully saturated rings. The average Bonchev–Trinajstić information content (AvgIpc) is 3.05. The first-order valence-electron chi connectivity index (χ1n) is 6.99. The molecule has 18 heavy (non-hydrogen) atoms. The Kier molecular flexibility index (Phi) is 4.23. The molecule has 1 nitrogen and oxygen atoms in total. The van der Waals surface area contributed by atoms with E-state index in [1.807, 2.05) is 0 Å². The predicted molar refractivity (Wildman–Crippen MR) is 76.6 cm³/mol. The van der Waals surface area contributed by atoms with Crippen molar-refractivity contribution in [1.29, 1.82) is 0 Å². The summed E-state index contributed by atoms with van der Waals surface area (Å²) in [7, 11) is 0. The van der Waals surface area contributed by atoms with Crippen molar-refractivity contribution in [3.63, 3.8) is 0 Å². The standard InChI is InChI=1S/C17H24O/c1-14(2)7-6-11-17(13-16(17)10-12-18)15-8-4-3-5-9-15/h3-5,7-9,16,18H,6,10-13H2,1-2H3. The van der Waals surface area contributed by atoms with Gasteiger partial charge in [0.1, 0.15) is 0 Å². The minimum Gasteiger partial charge on any atom is -0.396 e. The topological polar surface area (TPSA) is 20.2 Å². The van der Waals surface area contributed by atoms with Gasteiger partial charge in [-0.2, -0.15) is 0 Å². The van der Waals surface area contributed by atoms with Gasteiger partial charge in [0, 0.05) is 6.61 Å². The number of hydrogen-bond acceptors (Lipinski definition) is 1. The van der Waals surface area contributed by atoms with Gasteiger partial charge in [-0.25, -0.2) is 0 Å². The summed E-state index contributed by atoms with van der Waals surface area (Å²) in [4.78, 5) is 0. The first kappa shape index (κ1) is 13.4. The van der Waals surface area contributed by atoms with E-state index in [0.717, 1.165) is 12.8 Å². The summed E-state index contributed by atoms with van der Waals surface area (Å²) in [6, 6.07) is 10.8. The summed E-state index contributed by atoms with van der Waals surface area (Å²) in [6.07, 6.45) is 6.89. The van der Waals surface area contributed by atoms with Gasteiger partial charge in [0.2, 0.25) is 0 Å². The Labute approximate surface area is 111 Å². The molecule has 0 amide bonds. The molecule has 1 saturated carbocycles. The molecule has 0 bridgehead atoms. The fraction of sp³-hybridized carbons (Fsp3) is 0.529. The molecule has 0 radical (unpaired) electrons. The number of benzene rings is 1. The zero-order valence-electron chi connectivity index (χ0n) is 11.5. The molecule has 1 aliphatic rings. The van der Waals surface area contributed by atoms with E-state index < -0.39 is 0 Å². The maximum Gasteiger partial charge on any atom is 0.0433 e. The van der Waals surface area contributed by atoms with Crippen molar-refractivity contribution in [2.24, 2.45) is 5.92 Å². The summed E-state index contributed by atoms with van der Waals surface area (Å²) < 4.78 is 0. The first-order valence-corrected chi connectivity index (χ1v) is 6.99. The second kappa shape index (κ2) is 5.71. The van der Waals surface area contributed by atoms with Crippen LogP contribution < -0.4 is 0 Å². The SMILES string of the molecule is CC(C)=CCCC1(c2ccccc2)CC1CCO. The van der Waals surface area contributed by atoms with Crippen LogP contribution >= 0.6 is 0 Å². The highest BCUT2D eigenvalue weighted by Gasteiger charge is 2.53. The highest BCUT2D eigenvalue weighted by atomic mass is 16.3. The number of hydrogen-bond donors (Lipinski definition) is 1. The van der Waals surface area contributed by atoms with Crippen LogP contribution in [-0.2, 0) is 5.41 Å². The van der Waals surface area contributed by atoms with E-state index in [4.69, 9.17) is 5.11 Å². The minimum atomic E-state index is 0.321. The maximum absolute atomic E-state index is 9.16. The maximum atomic E-state index is 9.16. The molecule has 2 unspecified atom stereocenters. The summed E-state index contributed by atoms with van der Waals surface area (Å²) in [5, 5.41) is 9.16. The molecule has 0 heterocycles. The lowest BCUT2D eigenvalue weighted by atomic mass is 9.87. The van der Waals surface area contributed by atoms with E-state index in [1.165, 1.54) is 24.0 Å². The summed E-state index contributed by atoms with van der Waals surface area (Å²) in [5.74, 6) is 0.676. The van der Waals surface area contributed by atoms with Gasteiger partial charge < -0.3 is 5.11 Å². The molecule has 1 aromatic rings. The van der Waals surface area contributed by atoms with Crippen molar-refractivity contribution < 1.29 is 5.11 Å². The number of rotatable bonds is 6. The first-order chi connectivity index (χ1) is 8.69. The van der Waals surface area contributed by atoms with Crippen LogP contribution in [0.4, 0.5) is 0 Å². The predicted octanol–water partition coefficient (Wildman–Crippen LogP) is 4.07. The Bertz CT molecular complexity index is 403. The van der Waals surface area contributed by atoms with Gasteiger partial charge >= 0.3 is 0 Å². The van der Waals surface area contributed by atoms with Crippen LogP contribution in [0.5, 0.6) is 0 Å². The monoisotopic (exact) mass is 244 g/mol. The lowest BCUT2D eigenvalue weighted by Crippen LogP contribution is -2.10. The number of aliphatic hydroxyl groups excluding tert-OH is 1. The van der Waals surface area contributed by atoms with Crippen molar-refractivity contribution >= 4 is 0 Å². The molecule has 1 aromatic carbocycles. The third-order valence-electron chi connectivity index (χ3n) is 4.20. The molecule has 0 spiro atoms. The van der Waals surface area contributed by atoms with Crippen molar-refractivity contribution in [2.45, 2.75) is 44.9 Å². The minimum absolute atomic E-state index is 0.321. The van der Waals surface area contributed by atoms with E-state index in [2.05, 4.69) is 50.3 Å². The molecule has 0 saturated heterocycles. The van der Waals surface area contributed by atoms with Gasteiger partial charge in [-0.3, -0.25) is 0 Å². The van der Waals surface area contributed by atoms with Crippen LogP contribution in [0.25, 0.3) is 0 Å². The molecule has 1 N–H and O–H groups in total. The number of aliphatic hydroxyl groups is 1. The number of allylic oxidation sites excluding steroid dienone is 2.